The van der Waals surface area contributed by atoms with Gasteiger partial charge in [0, 0.05) is 18.7 Å². The molecule has 6 nitrogen and oxygen atoms in total. The van der Waals surface area contributed by atoms with Crippen molar-refractivity contribution < 1.29 is 14.7 Å². The third-order valence-electron chi connectivity index (χ3n) is 3.02. The standard InChI is InChI=1S/C15H23N3O3/c1-11(2)13(10-19)18-14(20)8-9-16-15(21)17-12-6-4-3-5-7-12/h3-7,11,13,19H,8-10H2,1-2H3,(H,18,20)(H2,16,17,21)/t13-/m1/s1. The highest BCUT2D eigenvalue weighted by molar-refractivity contribution is 5.89. The van der Waals surface area contributed by atoms with Gasteiger partial charge in [-0.25, -0.2) is 4.79 Å². The number of urea groups is 1. The number of para-hydroxylation sites is 1. The van der Waals surface area contributed by atoms with Crippen LogP contribution in [0, 0.1) is 5.92 Å². The van der Waals surface area contributed by atoms with Crippen LogP contribution in [0.2, 0.25) is 0 Å². The van der Waals surface area contributed by atoms with Crippen LogP contribution in [-0.2, 0) is 4.79 Å². The number of anilines is 1. The Labute approximate surface area is 124 Å². The van der Waals surface area contributed by atoms with Gasteiger partial charge in [-0.05, 0) is 18.1 Å². The molecule has 1 rings (SSSR count). The topological polar surface area (TPSA) is 90.5 Å². The molecular weight excluding hydrogens is 270 g/mol. The molecule has 0 saturated heterocycles. The maximum absolute atomic E-state index is 11.7. The first-order valence-electron chi connectivity index (χ1n) is 7.03. The van der Waals surface area contributed by atoms with Crippen molar-refractivity contribution >= 4 is 17.6 Å². The van der Waals surface area contributed by atoms with Crippen LogP contribution in [0.4, 0.5) is 10.5 Å². The Morgan fingerprint density at radius 3 is 2.43 bits per heavy atom. The summed E-state index contributed by atoms with van der Waals surface area (Å²) in [6.45, 7) is 3.99. The smallest absolute Gasteiger partial charge is 0.319 e. The van der Waals surface area contributed by atoms with E-state index in [1.54, 1.807) is 12.1 Å². The zero-order valence-corrected chi connectivity index (χ0v) is 12.4. The third kappa shape index (κ3) is 6.76. The molecule has 0 spiro atoms. The third-order valence-corrected chi connectivity index (χ3v) is 3.02. The summed E-state index contributed by atoms with van der Waals surface area (Å²) in [7, 11) is 0. The minimum atomic E-state index is -0.350. The summed E-state index contributed by atoms with van der Waals surface area (Å²) in [6, 6.07) is 8.46. The van der Waals surface area contributed by atoms with Gasteiger partial charge in [0.1, 0.15) is 0 Å². The van der Waals surface area contributed by atoms with Crippen LogP contribution < -0.4 is 16.0 Å². The first-order valence-corrected chi connectivity index (χ1v) is 7.03. The van der Waals surface area contributed by atoms with Gasteiger partial charge in [0.25, 0.3) is 0 Å². The van der Waals surface area contributed by atoms with Crippen LogP contribution in [0.25, 0.3) is 0 Å². The lowest BCUT2D eigenvalue weighted by Crippen LogP contribution is -2.42. The number of carbonyl (C=O) groups excluding carboxylic acids is 2. The Morgan fingerprint density at radius 2 is 1.86 bits per heavy atom. The van der Waals surface area contributed by atoms with Gasteiger partial charge in [-0.1, -0.05) is 32.0 Å². The zero-order valence-electron chi connectivity index (χ0n) is 12.4. The maximum Gasteiger partial charge on any atom is 0.319 e. The van der Waals surface area contributed by atoms with E-state index in [1.165, 1.54) is 0 Å². The lowest BCUT2D eigenvalue weighted by molar-refractivity contribution is -0.122. The average molecular weight is 293 g/mol. The number of carbonyl (C=O) groups is 2. The fourth-order valence-electron chi connectivity index (χ4n) is 1.69. The number of hydrogen-bond donors (Lipinski definition) is 4. The molecule has 0 aliphatic heterocycles. The van der Waals surface area contributed by atoms with E-state index in [1.807, 2.05) is 32.0 Å². The highest BCUT2D eigenvalue weighted by Crippen LogP contribution is 2.04. The molecular formula is C15H23N3O3. The number of aliphatic hydroxyl groups excluding tert-OH is 1. The molecule has 0 aliphatic rings. The molecule has 116 valence electrons. The summed E-state index contributed by atoms with van der Waals surface area (Å²) in [6.07, 6.45) is 0.172. The van der Waals surface area contributed by atoms with Gasteiger partial charge in [0.15, 0.2) is 0 Å². The van der Waals surface area contributed by atoms with Crippen LogP contribution in [0.5, 0.6) is 0 Å². The Hall–Kier alpha value is -2.08. The average Bonchev–Trinajstić information content (AvgIpc) is 2.45. The predicted molar refractivity (Wildman–Crippen MR) is 81.9 cm³/mol. The largest absolute Gasteiger partial charge is 0.394 e. The second-order valence-electron chi connectivity index (χ2n) is 5.10. The molecule has 0 saturated carbocycles. The molecule has 0 radical (unpaired) electrons. The van der Waals surface area contributed by atoms with Crippen molar-refractivity contribution in [1.82, 2.24) is 10.6 Å². The maximum atomic E-state index is 11.7. The van der Waals surface area contributed by atoms with E-state index in [4.69, 9.17) is 5.11 Å². The van der Waals surface area contributed by atoms with Crippen LogP contribution >= 0.6 is 0 Å². The number of amides is 3. The summed E-state index contributed by atoms with van der Waals surface area (Å²) in [4.78, 5) is 23.2. The van der Waals surface area contributed by atoms with Crippen LogP contribution in [0.1, 0.15) is 20.3 Å². The van der Waals surface area contributed by atoms with Crippen molar-refractivity contribution in [2.24, 2.45) is 5.92 Å². The van der Waals surface area contributed by atoms with Crippen molar-refractivity contribution in [1.29, 1.82) is 0 Å². The minimum absolute atomic E-state index is 0.0919. The molecule has 0 unspecified atom stereocenters. The molecule has 21 heavy (non-hydrogen) atoms. The summed E-state index contributed by atoms with van der Waals surface area (Å²) in [5, 5.41) is 17.1. The fraction of sp³-hybridized carbons (Fsp3) is 0.467. The van der Waals surface area contributed by atoms with E-state index in [2.05, 4.69) is 16.0 Å². The number of rotatable bonds is 7. The van der Waals surface area contributed by atoms with Crippen molar-refractivity contribution in [3.63, 3.8) is 0 Å². The molecule has 4 N–H and O–H groups in total. The zero-order chi connectivity index (χ0) is 15.7. The van der Waals surface area contributed by atoms with E-state index in [0.29, 0.717) is 5.69 Å². The lowest BCUT2D eigenvalue weighted by Gasteiger charge is -2.19. The number of benzene rings is 1. The van der Waals surface area contributed by atoms with Crippen LogP contribution in [0.3, 0.4) is 0 Å². The van der Waals surface area contributed by atoms with Crippen LogP contribution in [-0.4, -0.2) is 36.2 Å². The Bertz CT molecular complexity index is 449. The molecule has 0 aromatic heterocycles. The van der Waals surface area contributed by atoms with Gasteiger partial charge >= 0.3 is 6.03 Å². The molecule has 0 fully saturated rings. The summed E-state index contributed by atoms with van der Waals surface area (Å²) >= 11 is 0. The summed E-state index contributed by atoms with van der Waals surface area (Å²) in [5.74, 6) is -0.0314. The van der Waals surface area contributed by atoms with Crippen molar-refractivity contribution in [3.05, 3.63) is 30.3 Å². The number of hydrogen-bond acceptors (Lipinski definition) is 3. The summed E-state index contributed by atoms with van der Waals surface area (Å²) < 4.78 is 0. The van der Waals surface area contributed by atoms with E-state index in [9.17, 15) is 9.59 Å². The van der Waals surface area contributed by atoms with Gasteiger partial charge in [0.05, 0.1) is 12.6 Å². The van der Waals surface area contributed by atoms with Crippen molar-refractivity contribution in [2.75, 3.05) is 18.5 Å². The molecule has 0 bridgehead atoms. The lowest BCUT2D eigenvalue weighted by atomic mass is 10.1. The van der Waals surface area contributed by atoms with E-state index in [-0.39, 0.29) is 43.5 Å². The highest BCUT2D eigenvalue weighted by Gasteiger charge is 2.14. The van der Waals surface area contributed by atoms with Crippen molar-refractivity contribution in [3.8, 4) is 0 Å². The number of aliphatic hydroxyl groups is 1. The number of nitrogens with one attached hydrogen (secondary N) is 3. The van der Waals surface area contributed by atoms with Gasteiger partial charge in [-0.3, -0.25) is 4.79 Å². The monoisotopic (exact) mass is 293 g/mol. The van der Waals surface area contributed by atoms with Gasteiger partial charge < -0.3 is 21.1 Å². The van der Waals surface area contributed by atoms with E-state index in [0.717, 1.165) is 0 Å². The highest BCUT2D eigenvalue weighted by atomic mass is 16.3. The molecule has 1 aromatic carbocycles. The first-order chi connectivity index (χ1) is 10.0. The molecule has 0 heterocycles. The second kappa shape index (κ2) is 8.97. The van der Waals surface area contributed by atoms with Crippen LogP contribution in [0.15, 0.2) is 30.3 Å². The van der Waals surface area contributed by atoms with E-state index >= 15 is 0 Å². The SMILES string of the molecule is CC(C)[C@@H](CO)NC(=O)CCNC(=O)Nc1ccccc1. The van der Waals surface area contributed by atoms with Gasteiger partial charge in [0.2, 0.25) is 5.91 Å². The Balaban J connectivity index is 2.23. The van der Waals surface area contributed by atoms with Crippen molar-refractivity contribution in [2.45, 2.75) is 26.3 Å². The Morgan fingerprint density at radius 1 is 1.19 bits per heavy atom. The quantitative estimate of drug-likeness (QED) is 0.611. The fourth-order valence-corrected chi connectivity index (χ4v) is 1.69. The molecule has 1 aromatic rings. The molecule has 6 heteroatoms. The van der Waals surface area contributed by atoms with E-state index < -0.39 is 0 Å². The van der Waals surface area contributed by atoms with Gasteiger partial charge in [-0.2, -0.15) is 0 Å². The molecule has 3 amide bonds. The minimum Gasteiger partial charge on any atom is -0.394 e. The molecule has 1 atom stereocenters. The summed E-state index contributed by atoms with van der Waals surface area (Å²) in [5.41, 5.74) is 0.694. The first kappa shape index (κ1) is 17.0. The predicted octanol–water partition coefficient (Wildman–Crippen LogP) is 1.33. The normalized spacial score (nSPS) is 11.8. The second-order valence-corrected chi connectivity index (χ2v) is 5.10. The molecule has 0 aliphatic carbocycles. The Kier molecular flexibility index (Phi) is 7.25. The van der Waals surface area contributed by atoms with Gasteiger partial charge in [-0.15, -0.1) is 0 Å².